The lowest BCUT2D eigenvalue weighted by Gasteiger charge is -2.16. The first-order valence-electron chi connectivity index (χ1n) is 6.71. The monoisotopic (exact) mass is 331 g/mol. The fraction of sp³-hybridized carbons (Fsp3) is 0.125. The molecule has 2 rings (SSSR count). The summed E-state index contributed by atoms with van der Waals surface area (Å²) in [6.45, 7) is 2.13. The second-order valence-corrected chi connectivity index (χ2v) is 5.22. The van der Waals surface area contributed by atoms with Crippen molar-refractivity contribution in [2.45, 2.75) is 11.8 Å². The average molecular weight is 331 g/mol. The standard InChI is InChI=1S/C16H16N2O2S2/c1-2-20-15(19)11-7-9-12(10-8-11)17-16(22)18-13-5-3-4-6-14(13)21/h3-10,21H,2H2,1H3,(H2,17,18,22)/p-1. The van der Waals surface area contributed by atoms with Gasteiger partial charge < -0.3 is 28.0 Å². The molecule has 22 heavy (non-hydrogen) atoms. The Morgan fingerprint density at radius 2 is 1.82 bits per heavy atom. The molecule has 0 unspecified atom stereocenters. The van der Waals surface area contributed by atoms with Crippen LogP contribution in [0.1, 0.15) is 17.3 Å². The van der Waals surface area contributed by atoms with Gasteiger partial charge >= 0.3 is 5.97 Å². The first kappa shape index (κ1) is 16.2. The van der Waals surface area contributed by atoms with Crippen LogP contribution in [-0.4, -0.2) is 17.7 Å². The lowest BCUT2D eigenvalue weighted by molar-refractivity contribution is 0.0526. The summed E-state index contributed by atoms with van der Waals surface area (Å²) in [5, 5.41) is 6.51. The fourth-order valence-corrected chi connectivity index (χ4v) is 2.18. The van der Waals surface area contributed by atoms with Crippen molar-refractivity contribution in [1.29, 1.82) is 0 Å². The maximum atomic E-state index is 11.6. The molecule has 0 saturated carbocycles. The van der Waals surface area contributed by atoms with Gasteiger partial charge in [0.15, 0.2) is 5.11 Å². The van der Waals surface area contributed by atoms with E-state index in [2.05, 4.69) is 10.6 Å². The molecule has 0 atom stereocenters. The SMILES string of the molecule is CCOC(=O)c1ccc(NC(=S)Nc2ccccc2[S-])cc1. The number of carbonyl (C=O) groups excluding carboxylic acids is 1. The van der Waals surface area contributed by atoms with Gasteiger partial charge in [-0.1, -0.05) is 18.2 Å². The maximum absolute atomic E-state index is 11.6. The lowest BCUT2D eigenvalue weighted by atomic mass is 10.2. The fourth-order valence-electron chi connectivity index (χ4n) is 1.76. The van der Waals surface area contributed by atoms with Crippen molar-refractivity contribution in [1.82, 2.24) is 0 Å². The van der Waals surface area contributed by atoms with Gasteiger partial charge in [-0.15, -0.1) is 0 Å². The maximum Gasteiger partial charge on any atom is 0.338 e. The summed E-state index contributed by atoms with van der Waals surface area (Å²) in [6.07, 6.45) is 0. The third-order valence-corrected chi connectivity index (χ3v) is 3.35. The topological polar surface area (TPSA) is 50.4 Å². The summed E-state index contributed by atoms with van der Waals surface area (Å²) in [5.74, 6) is -0.338. The van der Waals surface area contributed by atoms with Crippen LogP contribution in [-0.2, 0) is 17.4 Å². The van der Waals surface area contributed by atoms with Crippen molar-refractivity contribution in [2.75, 3.05) is 17.2 Å². The van der Waals surface area contributed by atoms with Crippen LogP contribution in [0.3, 0.4) is 0 Å². The van der Waals surface area contributed by atoms with Crippen molar-refractivity contribution in [3.05, 3.63) is 54.1 Å². The van der Waals surface area contributed by atoms with Crippen LogP contribution < -0.4 is 10.6 Å². The molecular weight excluding hydrogens is 316 g/mol. The summed E-state index contributed by atoms with van der Waals surface area (Å²) in [4.78, 5) is 12.3. The highest BCUT2D eigenvalue weighted by Crippen LogP contribution is 2.15. The minimum absolute atomic E-state index is 0.338. The van der Waals surface area contributed by atoms with Crippen LogP contribution in [0.2, 0.25) is 0 Å². The highest BCUT2D eigenvalue weighted by molar-refractivity contribution is 7.80. The van der Waals surface area contributed by atoms with Crippen molar-refractivity contribution < 1.29 is 9.53 Å². The second-order valence-electron chi connectivity index (χ2n) is 4.37. The van der Waals surface area contributed by atoms with Crippen LogP contribution in [0.25, 0.3) is 0 Å². The predicted molar refractivity (Wildman–Crippen MR) is 94.3 cm³/mol. The van der Waals surface area contributed by atoms with E-state index < -0.39 is 0 Å². The van der Waals surface area contributed by atoms with Gasteiger partial charge in [-0.25, -0.2) is 4.79 Å². The van der Waals surface area contributed by atoms with E-state index in [1.807, 2.05) is 24.3 Å². The number of carbonyl (C=O) groups is 1. The van der Waals surface area contributed by atoms with Crippen LogP contribution in [0.5, 0.6) is 0 Å². The molecule has 0 aromatic heterocycles. The smallest absolute Gasteiger partial charge is 0.338 e. The van der Waals surface area contributed by atoms with Gasteiger partial charge in [0.25, 0.3) is 0 Å². The summed E-state index contributed by atoms with van der Waals surface area (Å²) >= 11 is 10.4. The number of para-hydroxylation sites is 1. The van der Waals surface area contributed by atoms with E-state index in [-0.39, 0.29) is 5.97 Å². The summed E-state index contributed by atoms with van der Waals surface area (Å²) in [6, 6.07) is 14.3. The average Bonchev–Trinajstić information content (AvgIpc) is 2.50. The van der Waals surface area contributed by atoms with Gasteiger partial charge in [-0.05, 0) is 49.5 Å². The molecule has 6 heteroatoms. The van der Waals surface area contributed by atoms with Crippen molar-refractivity contribution >= 4 is 47.3 Å². The van der Waals surface area contributed by atoms with Crippen LogP contribution in [0, 0.1) is 0 Å². The number of nitrogens with one attached hydrogen (secondary N) is 2. The van der Waals surface area contributed by atoms with Crippen LogP contribution >= 0.6 is 12.2 Å². The highest BCUT2D eigenvalue weighted by atomic mass is 32.1. The zero-order valence-electron chi connectivity index (χ0n) is 12.0. The molecule has 0 amide bonds. The lowest BCUT2D eigenvalue weighted by Crippen LogP contribution is -2.19. The molecular formula is C16H15N2O2S2-. The van der Waals surface area contributed by atoms with Gasteiger partial charge in [0.05, 0.1) is 12.2 Å². The largest absolute Gasteiger partial charge is 0.778 e. The molecule has 114 valence electrons. The number of hydrogen-bond donors (Lipinski definition) is 2. The van der Waals surface area contributed by atoms with Gasteiger partial charge in [-0.2, -0.15) is 4.90 Å². The molecule has 0 saturated heterocycles. The summed E-state index contributed by atoms with van der Waals surface area (Å²) < 4.78 is 4.93. The molecule has 0 aliphatic heterocycles. The van der Waals surface area contributed by atoms with Gasteiger partial charge in [0.2, 0.25) is 0 Å². The molecule has 0 radical (unpaired) electrons. The first-order chi connectivity index (χ1) is 10.6. The van der Waals surface area contributed by atoms with E-state index in [4.69, 9.17) is 29.6 Å². The molecule has 0 heterocycles. The predicted octanol–water partition coefficient (Wildman–Crippen LogP) is 3.58. The third kappa shape index (κ3) is 4.41. The van der Waals surface area contributed by atoms with E-state index in [0.29, 0.717) is 22.2 Å². The Morgan fingerprint density at radius 3 is 2.45 bits per heavy atom. The molecule has 2 N–H and O–H groups in total. The van der Waals surface area contributed by atoms with Crippen LogP contribution in [0.15, 0.2) is 53.4 Å². The molecule has 0 fully saturated rings. The van der Waals surface area contributed by atoms with E-state index >= 15 is 0 Å². The Hall–Kier alpha value is -2.18. The quantitative estimate of drug-likeness (QED) is 0.507. The van der Waals surface area contributed by atoms with Gasteiger partial charge in [0.1, 0.15) is 0 Å². The molecule has 4 nitrogen and oxygen atoms in total. The molecule has 2 aromatic carbocycles. The van der Waals surface area contributed by atoms with Crippen LogP contribution in [0.4, 0.5) is 11.4 Å². The number of thiocarbonyl (C=S) groups is 1. The molecule has 0 aliphatic rings. The number of hydrogen-bond acceptors (Lipinski definition) is 4. The minimum atomic E-state index is -0.338. The highest BCUT2D eigenvalue weighted by Gasteiger charge is 2.06. The van der Waals surface area contributed by atoms with Crippen molar-refractivity contribution in [2.24, 2.45) is 0 Å². The number of rotatable bonds is 4. The molecule has 0 aliphatic carbocycles. The molecule has 0 bridgehead atoms. The van der Waals surface area contributed by atoms with E-state index in [1.165, 1.54) is 0 Å². The minimum Gasteiger partial charge on any atom is -0.778 e. The zero-order valence-corrected chi connectivity index (χ0v) is 13.6. The number of ether oxygens (including phenoxy) is 1. The van der Waals surface area contributed by atoms with Crippen molar-refractivity contribution in [3.63, 3.8) is 0 Å². The van der Waals surface area contributed by atoms with Crippen molar-refractivity contribution in [3.8, 4) is 0 Å². The zero-order chi connectivity index (χ0) is 15.9. The summed E-state index contributed by atoms with van der Waals surface area (Å²) in [5.41, 5.74) is 2.05. The summed E-state index contributed by atoms with van der Waals surface area (Å²) in [7, 11) is 0. The Labute approximate surface area is 140 Å². The van der Waals surface area contributed by atoms with E-state index in [0.717, 1.165) is 11.4 Å². The van der Waals surface area contributed by atoms with E-state index in [9.17, 15) is 4.79 Å². The third-order valence-electron chi connectivity index (χ3n) is 2.79. The van der Waals surface area contributed by atoms with Gasteiger partial charge in [-0.3, -0.25) is 0 Å². The molecule has 2 aromatic rings. The Morgan fingerprint density at radius 1 is 1.14 bits per heavy atom. The Bertz CT molecular complexity index is 672. The normalized spacial score (nSPS) is 9.86. The second kappa shape index (κ2) is 7.72. The van der Waals surface area contributed by atoms with E-state index in [1.54, 1.807) is 31.2 Å². The number of anilines is 2. The number of esters is 1. The van der Waals surface area contributed by atoms with Gasteiger partial charge in [0, 0.05) is 11.4 Å². The first-order valence-corrected chi connectivity index (χ1v) is 7.53. The Kier molecular flexibility index (Phi) is 5.68. The Balaban J connectivity index is 1.97. The number of benzene rings is 2. The molecule has 0 spiro atoms.